The van der Waals surface area contributed by atoms with Crippen molar-refractivity contribution in [2.45, 2.75) is 38.1 Å². The maximum Gasteiger partial charge on any atom is 0.208 e. The van der Waals surface area contributed by atoms with Crippen molar-refractivity contribution in [1.82, 2.24) is 19.5 Å². The molecule has 1 aliphatic carbocycles. The van der Waals surface area contributed by atoms with Crippen molar-refractivity contribution < 1.29 is 0 Å². The molecule has 0 radical (unpaired) electrons. The predicted octanol–water partition coefficient (Wildman–Crippen LogP) is 2.69. The molecule has 0 spiro atoms. The van der Waals surface area contributed by atoms with Gasteiger partial charge in [0.1, 0.15) is 5.52 Å². The van der Waals surface area contributed by atoms with Gasteiger partial charge in [-0.2, -0.15) is 0 Å². The second-order valence-electron chi connectivity index (χ2n) is 7.11. The highest BCUT2D eigenvalue weighted by molar-refractivity contribution is 5.82. The molecule has 0 amide bonds. The van der Waals surface area contributed by atoms with Crippen LogP contribution >= 0.6 is 0 Å². The number of hydrogen-bond donors (Lipinski definition) is 2. The lowest BCUT2D eigenvalue weighted by Gasteiger charge is -2.12. The van der Waals surface area contributed by atoms with Crippen molar-refractivity contribution in [3.8, 4) is 11.8 Å². The predicted molar refractivity (Wildman–Crippen MR) is 107 cm³/mol. The Bertz CT molecular complexity index is 982. The molecule has 1 aliphatic rings. The summed E-state index contributed by atoms with van der Waals surface area (Å²) in [5.41, 5.74) is 14.6. The molecule has 2 heterocycles. The van der Waals surface area contributed by atoms with Crippen molar-refractivity contribution in [3.05, 3.63) is 48.0 Å². The number of aromatic nitrogens is 4. The van der Waals surface area contributed by atoms with Gasteiger partial charge in [0, 0.05) is 12.5 Å². The molecule has 27 heavy (non-hydrogen) atoms. The minimum Gasteiger partial charge on any atom is -0.382 e. The van der Waals surface area contributed by atoms with Gasteiger partial charge in [0.05, 0.1) is 6.33 Å². The Labute approximate surface area is 159 Å². The van der Waals surface area contributed by atoms with E-state index in [1.807, 2.05) is 24.5 Å². The normalized spacial score (nSPS) is 19.1. The van der Waals surface area contributed by atoms with Gasteiger partial charge in [-0.05, 0) is 49.6 Å². The fraction of sp³-hybridized carbons (Fsp3) is 0.381. The number of rotatable bonds is 4. The second-order valence-corrected chi connectivity index (χ2v) is 7.11. The summed E-state index contributed by atoms with van der Waals surface area (Å²) in [5.74, 6) is 7.65. The average Bonchev–Trinajstić information content (AvgIpc) is 3.33. The van der Waals surface area contributed by atoms with Gasteiger partial charge in [-0.25, -0.2) is 15.0 Å². The molecule has 0 aliphatic heterocycles. The molecule has 1 unspecified atom stereocenters. The molecule has 2 atom stereocenters. The van der Waals surface area contributed by atoms with Crippen LogP contribution in [0.3, 0.4) is 0 Å². The number of benzene rings is 1. The molecular formula is C21H24N6. The number of anilines is 1. The van der Waals surface area contributed by atoms with Gasteiger partial charge in [-0.15, -0.1) is 0 Å². The Morgan fingerprint density at radius 3 is 2.78 bits per heavy atom. The van der Waals surface area contributed by atoms with E-state index < -0.39 is 0 Å². The van der Waals surface area contributed by atoms with Gasteiger partial charge >= 0.3 is 0 Å². The largest absolute Gasteiger partial charge is 0.382 e. The smallest absolute Gasteiger partial charge is 0.208 e. The average molecular weight is 360 g/mol. The highest BCUT2D eigenvalue weighted by Gasteiger charge is 2.26. The Hall–Kier alpha value is -2.91. The third-order valence-electron chi connectivity index (χ3n) is 5.27. The van der Waals surface area contributed by atoms with E-state index in [1.54, 1.807) is 0 Å². The van der Waals surface area contributed by atoms with Gasteiger partial charge in [0.15, 0.2) is 11.5 Å². The molecular weight excluding hydrogens is 336 g/mol. The molecule has 0 saturated heterocycles. The summed E-state index contributed by atoms with van der Waals surface area (Å²) < 4.78 is 2.12. The Morgan fingerprint density at radius 1 is 1.15 bits per heavy atom. The van der Waals surface area contributed by atoms with E-state index in [9.17, 15) is 0 Å². The van der Waals surface area contributed by atoms with Crippen molar-refractivity contribution >= 4 is 17.0 Å². The van der Waals surface area contributed by atoms with Gasteiger partial charge in [-0.3, -0.25) is 0 Å². The first kappa shape index (κ1) is 17.5. The summed E-state index contributed by atoms with van der Waals surface area (Å²) in [6, 6.07) is 10.7. The summed E-state index contributed by atoms with van der Waals surface area (Å²) >= 11 is 0. The SMILES string of the molecule is NC[C@H]1CCC(n2cnc3c(N)nc(C#CCCc4ccccc4)nc32)C1. The van der Waals surface area contributed by atoms with E-state index >= 15 is 0 Å². The minimum absolute atomic E-state index is 0.372. The van der Waals surface area contributed by atoms with E-state index in [-0.39, 0.29) is 0 Å². The maximum atomic E-state index is 6.10. The molecule has 1 aromatic carbocycles. The molecule has 138 valence electrons. The summed E-state index contributed by atoms with van der Waals surface area (Å²) in [6.07, 6.45) is 6.79. The zero-order valence-corrected chi connectivity index (χ0v) is 15.3. The third-order valence-corrected chi connectivity index (χ3v) is 5.27. The summed E-state index contributed by atoms with van der Waals surface area (Å²) in [6.45, 7) is 0.735. The van der Waals surface area contributed by atoms with Gasteiger partial charge < -0.3 is 16.0 Å². The molecule has 6 heteroatoms. The molecule has 4 N–H and O–H groups in total. The number of fused-ring (bicyclic) bond motifs is 1. The van der Waals surface area contributed by atoms with Crippen LogP contribution in [0.15, 0.2) is 36.7 Å². The molecule has 4 rings (SSSR count). The van der Waals surface area contributed by atoms with E-state index in [4.69, 9.17) is 11.5 Å². The van der Waals surface area contributed by atoms with E-state index in [0.717, 1.165) is 44.3 Å². The van der Waals surface area contributed by atoms with Crippen LogP contribution < -0.4 is 11.5 Å². The van der Waals surface area contributed by atoms with Crippen molar-refractivity contribution in [1.29, 1.82) is 0 Å². The van der Waals surface area contributed by atoms with Gasteiger partial charge in [-0.1, -0.05) is 36.3 Å². The minimum atomic E-state index is 0.372. The lowest BCUT2D eigenvalue weighted by atomic mass is 10.1. The molecule has 0 bridgehead atoms. The number of nitrogens with two attached hydrogens (primary N) is 2. The molecule has 1 saturated carbocycles. The lowest BCUT2D eigenvalue weighted by molar-refractivity contribution is 0.488. The van der Waals surface area contributed by atoms with E-state index in [2.05, 4.69) is 43.5 Å². The van der Waals surface area contributed by atoms with Crippen molar-refractivity contribution in [3.63, 3.8) is 0 Å². The Balaban J connectivity index is 1.54. The highest BCUT2D eigenvalue weighted by Crippen LogP contribution is 2.35. The molecule has 1 fully saturated rings. The first-order chi connectivity index (χ1) is 13.2. The topological polar surface area (TPSA) is 95.6 Å². The molecule has 2 aromatic heterocycles. The number of aryl methyl sites for hydroxylation is 1. The van der Waals surface area contributed by atoms with Crippen molar-refractivity contribution in [2.24, 2.45) is 11.7 Å². The van der Waals surface area contributed by atoms with Crippen molar-refractivity contribution in [2.75, 3.05) is 12.3 Å². The molecule has 6 nitrogen and oxygen atoms in total. The summed E-state index contributed by atoms with van der Waals surface area (Å²) in [5, 5.41) is 0. The summed E-state index contributed by atoms with van der Waals surface area (Å²) in [7, 11) is 0. The Morgan fingerprint density at radius 2 is 2.00 bits per heavy atom. The van der Waals surface area contributed by atoms with E-state index in [0.29, 0.717) is 29.1 Å². The van der Waals surface area contributed by atoms with Crippen LogP contribution in [0.4, 0.5) is 5.82 Å². The zero-order valence-electron chi connectivity index (χ0n) is 15.3. The fourth-order valence-corrected chi connectivity index (χ4v) is 3.77. The van der Waals surface area contributed by atoms with Crippen LogP contribution in [-0.2, 0) is 6.42 Å². The quantitative estimate of drug-likeness (QED) is 0.698. The Kier molecular flexibility index (Phi) is 5.03. The monoisotopic (exact) mass is 360 g/mol. The van der Waals surface area contributed by atoms with Crippen LogP contribution in [0.1, 0.15) is 43.1 Å². The van der Waals surface area contributed by atoms with Gasteiger partial charge in [0.25, 0.3) is 0 Å². The van der Waals surface area contributed by atoms with E-state index in [1.165, 1.54) is 5.56 Å². The number of nitrogen functional groups attached to an aromatic ring is 1. The first-order valence-corrected chi connectivity index (χ1v) is 9.47. The van der Waals surface area contributed by atoms with Crippen LogP contribution in [0.2, 0.25) is 0 Å². The highest BCUT2D eigenvalue weighted by atomic mass is 15.2. The maximum absolute atomic E-state index is 6.10. The summed E-state index contributed by atoms with van der Waals surface area (Å²) in [4.78, 5) is 13.4. The first-order valence-electron chi connectivity index (χ1n) is 9.47. The van der Waals surface area contributed by atoms with Crippen LogP contribution in [0, 0.1) is 17.8 Å². The van der Waals surface area contributed by atoms with Crippen LogP contribution in [0.5, 0.6) is 0 Å². The number of nitrogens with zero attached hydrogens (tertiary/aromatic N) is 4. The second kappa shape index (κ2) is 7.77. The standard InChI is InChI=1S/C21H24N6/c22-13-16-10-11-17(12-16)27-14-24-19-20(23)25-18(26-21(19)27)9-5-4-8-15-6-2-1-3-7-15/h1-3,6-7,14,16-17H,4,8,10-13,22H2,(H2,23,25,26)/t16-,17?/m0/s1. The zero-order chi connectivity index (χ0) is 18.6. The fourth-order valence-electron chi connectivity index (χ4n) is 3.77. The number of hydrogen-bond acceptors (Lipinski definition) is 5. The van der Waals surface area contributed by atoms with Crippen LogP contribution in [0.25, 0.3) is 11.2 Å². The molecule has 3 aromatic rings. The third kappa shape index (κ3) is 3.79. The van der Waals surface area contributed by atoms with Crippen LogP contribution in [-0.4, -0.2) is 26.1 Å². The van der Waals surface area contributed by atoms with Gasteiger partial charge in [0.2, 0.25) is 5.82 Å². The lowest BCUT2D eigenvalue weighted by Crippen LogP contribution is -2.12. The number of imidazole rings is 1.